The van der Waals surface area contributed by atoms with Gasteiger partial charge in [-0.2, -0.15) is 0 Å². The average Bonchev–Trinajstić information content (AvgIpc) is 2.20. The number of phenols is 1. The van der Waals surface area contributed by atoms with Crippen molar-refractivity contribution in [3.8, 4) is 5.75 Å². The number of nitrogens with zero attached hydrogens (tertiary/aromatic N) is 2. The summed E-state index contributed by atoms with van der Waals surface area (Å²) in [4.78, 5) is 19.5. The molecule has 1 aromatic rings. The van der Waals surface area contributed by atoms with Crippen molar-refractivity contribution >= 4 is 11.4 Å². The topological polar surface area (TPSA) is 107 Å². The third-order valence-electron chi connectivity index (χ3n) is 1.93. The van der Waals surface area contributed by atoms with Crippen LogP contribution in [-0.4, -0.2) is 15.0 Å². The second-order valence-electron chi connectivity index (χ2n) is 2.98. The number of benzene rings is 1. The first-order valence-corrected chi connectivity index (χ1v) is 4.23. The maximum absolute atomic E-state index is 10.6. The number of hydrogen-bond acceptors (Lipinski definition) is 5. The van der Waals surface area contributed by atoms with Gasteiger partial charge in [-0.3, -0.25) is 20.2 Å². The van der Waals surface area contributed by atoms with Gasteiger partial charge >= 0.3 is 5.69 Å². The summed E-state index contributed by atoms with van der Waals surface area (Å²) in [6, 6.07) is 1.81. The molecule has 84 valence electrons. The predicted octanol–water partition coefficient (Wildman–Crippen LogP) is 1.94. The first kappa shape index (κ1) is 11.6. The molecule has 0 aliphatic rings. The molecule has 0 aromatic heterocycles. The molecule has 0 amide bonds. The molecular weight excluding hydrogens is 216 g/mol. The lowest BCUT2D eigenvalue weighted by molar-refractivity contribution is -0.394. The lowest BCUT2D eigenvalue weighted by Gasteiger charge is -2.02. The van der Waals surface area contributed by atoms with Gasteiger partial charge in [-0.05, 0) is 6.42 Å². The van der Waals surface area contributed by atoms with Crippen LogP contribution in [0.15, 0.2) is 24.8 Å². The van der Waals surface area contributed by atoms with Gasteiger partial charge in [0.05, 0.1) is 15.9 Å². The molecule has 0 bridgehead atoms. The molecule has 0 saturated heterocycles. The fourth-order valence-electron chi connectivity index (χ4n) is 1.22. The lowest BCUT2D eigenvalue weighted by atomic mass is 10.1. The first-order valence-electron chi connectivity index (χ1n) is 4.23. The number of nitro groups is 2. The normalized spacial score (nSPS) is 9.75. The van der Waals surface area contributed by atoms with Crippen LogP contribution in [0, 0.1) is 20.2 Å². The molecule has 16 heavy (non-hydrogen) atoms. The Balaban J connectivity index is 3.44. The fourth-order valence-corrected chi connectivity index (χ4v) is 1.22. The minimum atomic E-state index is -0.866. The van der Waals surface area contributed by atoms with E-state index in [0.717, 1.165) is 12.1 Å². The molecule has 1 rings (SSSR count). The van der Waals surface area contributed by atoms with Gasteiger partial charge in [-0.15, -0.1) is 6.58 Å². The first-order chi connectivity index (χ1) is 7.47. The SMILES string of the molecule is C=CCc1cc([N+](=O)[O-])cc([N+](=O)[O-])c1O. The summed E-state index contributed by atoms with van der Waals surface area (Å²) in [6.07, 6.45) is 1.51. The number of nitro benzene ring substituents is 2. The van der Waals surface area contributed by atoms with Gasteiger partial charge in [-0.1, -0.05) is 6.08 Å². The fraction of sp³-hybridized carbons (Fsp3) is 0.111. The highest BCUT2D eigenvalue weighted by molar-refractivity contribution is 5.58. The van der Waals surface area contributed by atoms with Crippen molar-refractivity contribution < 1.29 is 15.0 Å². The Morgan fingerprint density at radius 1 is 1.31 bits per heavy atom. The molecule has 0 atom stereocenters. The Morgan fingerprint density at radius 2 is 1.94 bits per heavy atom. The Bertz CT molecular complexity index is 469. The quantitative estimate of drug-likeness (QED) is 0.477. The van der Waals surface area contributed by atoms with E-state index >= 15 is 0 Å². The van der Waals surface area contributed by atoms with Crippen LogP contribution in [0.3, 0.4) is 0 Å². The zero-order valence-electron chi connectivity index (χ0n) is 8.12. The van der Waals surface area contributed by atoms with Crippen molar-refractivity contribution in [2.24, 2.45) is 0 Å². The van der Waals surface area contributed by atoms with Crippen LogP contribution in [0.1, 0.15) is 5.56 Å². The molecule has 0 aliphatic carbocycles. The average molecular weight is 224 g/mol. The largest absolute Gasteiger partial charge is 0.502 e. The Kier molecular flexibility index (Phi) is 3.19. The van der Waals surface area contributed by atoms with Gasteiger partial charge in [0.15, 0.2) is 5.75 Å². The minimum absolute atomic E-state index is 0.107. The summed E-state index contributed by atoms with van der Waals surface area (Å²) in [5.74, 6) is -0.560. The van der Waals surface area contributed by atoms with Crippen molar-refractivity contribution in [3.05, 3.63) is 50.6 Å². The maximum Gasteiger partial charge on any atom is 0.317 e. The highest BCUT2D eigenvalue weighted by Gasteiger charge is 2.22. The highest BCUT2D eigenvalue weighted by atomic mass is 16.6. The number of hydrogen-bond donors (Lipinski definition) is 1. The van der Waals surface area contributed by atoms with Gasteiger partial charge in [-0.25, -0.2) is 0 Å². The third kappa shape index (κ3) is 2.14. The molecule has 7 heteroatoms. The second-order valence-corrected chi connectivity index (χ2v) is 2.98. The Labute approximate surface area is 89.9 Å². The van der Waals surface area contributed by atoms with Crippen LogP contribution in [-0.2, 0) is 6.42 Å². The third-order valence-corrected chi connectivity index (χ3v) is 1.93. The van der Waals surface area contributed by atoms with Gasteiger partial charge < -0.3 is 5.11 Å². The number of allylic oxidation sites excluding steroid dienone is 1. The molecular formula is C9H8N2O5. The number of phenolic OH excluding ortho intramolecular Hbond substituents is 1. The summed E-state index contributed by atoms with van der Waals surface area (Å²) in [5.41, 5.74) is -0.997. The summed E-state index contributed by atoms with van der Waals surface area (Å²) in [6.45, 7) is 3.40. The van der Waals surface area contributed by atoms with E-state index in [-0.39, 0.29) is 12.0 Å². The second kappa shape index (κ2) is 4.39. The van der Waals surface area contributed by atoms with Crippen LogP contribution in [0.4, 0.5) is 11.4 Å². The minimum Gasteiger partial charge on any atom is -0.502 e. The van der Waals surface area contributed by atoms with E-state index in [0.29, 0.717) is 0 Å². The highest BCUT2D eigenvalue weighted by Crippen LogP contribution is 2.34. The smallest absolute Gasteiger partial charge is 0.317 e. The van der Waals surface area contributed by atoms with Crippen molar-refractivity contribution in [3.63, 3.8) is 0 Å². The summed E-state index contributed by atoms with van der Waals surface area (Å²) in [5, 5.41) is 30.6. The Hall–Kier alpha value is -2.44. The van der Waals surface area contributed by atoms with Crippen molar-refractivity contribution in [2.45, 2.75) is 6.42 Å². The summed E-state index contributed by atoms with van der Waals surface area (Å²) in [7, 11) is 0. The molecule has 0 aliphatic heterocycles. The zero-order valence-corrected chi connectivity index (χ0v) is 8.12. The monoisotopic (exact) mass is 224 g/mol. The molecule has 1 aromatic carbocycles. The van der Waals surface area contributed by atoms with Crippen LogP contribution in [0.25, 0.3) is 0 Å². The van der Waals surface area contributed by atoms with Crippen molar-refractivity contribution in [1.29, 1.82) is 0 Å². The summed E-state index contributed by atoms with van der Waals surface area (Å²) < 4.78 is 0. The van der Waals surface area contributed by atoms with Crippen LogP contribution >= 0.6 is 0 Å². The van der Waals surface area contributed by atoms with Crippen molar-refractivity contribution in [2.75, 3.05) is 0 Å². The zero-order chi connectivity index (χ0) is 12.3. The van der Waals surface area contributed by atoms with Crippen LogP contribution < -0.4 is 0 Å². The van der Waals surface area contributed by atoms with Gasteiger partial charge in [0.2, 0.25) is 0 Å². The van der Waals surface area contributed by atoms with Crippen LogP contribution in [0.2, 0.25) is 0 Å². The van der Waals surface area contributed by atoms with E-state index in [1.807, 2.05) is 0 Å². The van der Waals surface area contributed by atoms with E-state index in [1.54, 1.807) is 0 Å². The Morgan fingerprint density at radius 3 is 2.38 bits per heavy atom. The molecule has 0 heterocycles. The number of aromatic hydroxyl groups is 1. The molecule has 0 saturated carbocycles. The van der Waals surface area contributed by atoms with Gasteiger partial charge in [0, 0.05) is 11.6 Å². The van der Waals surface area contributed by atoms with E-state index in [9.17, 15) is 25.3 Å². The van der Waals surface area contributed by atoms with Gasteiger partial charge in [0.25, 0.3) is 5.69 Å². The number of rotatable bonds is 4. The van der Waals surface area contributed by atoms with Crippen molar-refractivity contribution in [1.82, 2.24) is 0 Å². The standard InChI is InChI=1S/C9H8N2O5/c1-2-3-6-4-7(10(13)14)5-8(9(6)12)11(15)16/h2,4-5,12H,1,3H2. The number of non-ortho nitro benzene ring substituents is 1. The van der Waals surface area contributed by atoms with E-state index < -0.39 is 27.0 Å². The van der Waals surface area contributed by atoms with E-state index in [2.05, 4.69) is 6.58 Å². The van der Waals surface area contributed by atoms with Crippen LogP contribution in [0.5, 0.6) is 5.75 Å². The molecule has 1 N–H and O–H groups in total. The lowest BCUT2D eigenvalue weighted by Crippen LogP contribution is -1.96. The van der Waals surface area contributed by atoms with Gasteiger partial charge in [0.1, 0.15) is 0 Å². The molecule has 0 fully saturated rings. The predicted molar refractivity (Wildman–Crippen MR) is 55.3 cm³/mol. The molecule has 7 nitrogen and oxygen atoms in total. The molecule has 0 spiro atoms. The molecule has 0 radical (unpaired) electrons. The summed E-state index contributed by atoms with van der Waals surface area (Å²) >= 11 is 0. The van der Waals surface area contributed by atoms with E-state index in [1.165, 1.54) is 6.08 Å². The molecule has 0 unspecified atom stereocenters. The van der Waals surface area contributed by atoms with E-state index in [4.69, 9.17) is 0 Å². The maximum atomic E-state index is 10.6.